The fourth-order valence-electron chi connectivity index (χ4n) is 3.71. The van der Waals surface area contributed by atoms with Crippen molar-refractivity contribution in [2.75, 3.05) is 19.7 Å². The summed E-state index contributed by atoms with van der Waals surface area (Å²) in [5.74, 6) is 0.808. The SMILES string of the molecule is O=C(c1ccsc1)N1CCC2(CC1)CC(Oc1ccccn1)CCO2. The van der Waals surface area contributed by atoms with Crippen LogP contribution < -0.4 is 4.74 Å². The van der Waals surface area contributed by atoms with Gasteiger partial charge < -0.3 is 14.4 Å². The first-order valence-corrected chi connectivity index (χ1v) is 9.72. The van der Waals surface area contributed by atoms with Crippen LogP contribution in [0, 0.1) is 0 Å². The zero-order chi connectivity index (χ0) is 17.1. The topological polar surface area (TPSA) is 51.7 Å². The number of ether oxygens (including phenoxy) is 2. The van der Waals surface area contributed by atoms with Gasteiger partial charge in [0.1, 0.15) is 6.10 Å². The Labute approximate surface area is 151 Å². The van der Waals surface area contributed by atoms with E-state index >= 15 is 0 Å². The van der Waals surface area contributed by atoms with E-state index in [1.807, 2.05) is 39.9 Å². The third-order valence-corrected chi connectivity index (χ3v) is 5.79. The third-order valence-electron chi connectivity index (χ3n) is 5.10. The zero-order valence-corrected chi connectivity index (χ0v) is 14.9. The molecule has 2 aromatic heterocycles. The molecule has 0 N–H and O–H groups in total. The van der Waals surface area contributed by atoms with Crippen molar-refractivity contribution in [2.24, 2.45) is 0 Å². The highest BCUT2D eigenvalue weighted by Crippen LogP contribution is 2.36. The van der Waals surface area contributed by atoms with E-state index < -0.39 is 0 Å². The number of carbonyl (C=O) groups excluding carboxylic acids is 1. The summed E-state index contributed by atoms with van der Waals surface area (Å²) in [4.78, 5) is 18.7. The Morgan fingerprint density at radius 2 is 2.20 bits per heavy atom. The Balaban J connectivity index is 1.36. The number of likely N-dealkylation sites (tertiary alicyclic amines) is 1. The van der Waals surface area contributed by atoms with Gasteiger partial charge in [0.2, 0.25) is 5.88 Å². The number of thiophene rings is 1. The minimum atomic E-state index is -0.164. The molecule has 2 aliphatic heterocycles. The van der Waals surface area contributed by atoms with Crippen LogP contribution >= 0.6 is 11.3 Å². The molecule has 6 heteroatoms. The molecule has 132 valence electrons. The highest BCUT2D eigenvalue weighted by Gasteiger charge is 2.42. The van der Waals surface area contributed by atoms with Crippen molar-refractivity contribution in [2.45, 2.75) is 37.4 Å². The van der Waals surface area contributed by atoms with Crippen molar-refractivity contribution in [1.82, 2.24) is 9.88 Å². The van der Waals surface area contributed by atoms with Gasteiger partial charge >= 0.3 is 0 Å². The van der Waals surface area contributed by atoms with Gasteiger partial charge in [-0.05, 0) is 30.4 Å². The number of nitrogens with zero attached hydrogens (tertiary/aromatic N) is 2. The summed E-state index contributed by atoms with van der Waals surface area (Å²) in [7, 11) is 0. The summed E-state index contributed by atoms with van der Waals surface area (Å²) in [5.41, 5.74) is 0.630. The van der Waals surface area contributed by atoms with Crippen LogP contribution in [0.3, 0.4) is 0 Å². The van der Waals surface area contributed by atoms with Gasteiger partial charge in [0.25, 0.3) is 5.91 Å². The molecule has 2 saturated heterocycles. The number of aromatic nitrogens is 1. The lowest BCUT2D eigenvalue weighted by atomic mass is 9.83. The van der Waals surface area contributed by atoms with Crippen molar-refractivity contribution in [3.63, 3.8) is 0 Å². The Hall–Kier alpha value is -1.92. The third kappa shape index (κ3) is 3.70. The number of piperidine rings is 1. The van der Waals surface area contributed by atoms with Crippen LogP contribution in [0.2, 0.25) is 0 Å². The molecule has 1 unspecified atom stereocenters. The van der Waals surface area contributed by atoms with E-state index in [1.165, 1.54) is 0 Å². The summed E-state index contributed by atoms with van der Waals surface area (Å²) >= 11 is 1.56. The minimum absolute atomic E-state index is 0.128. The molecule has 1 amide bonds. The summed E-state index contributed by atoms with van der Waals surface area (Å²) in [6, 6.07) is 7.61. The fraction of sp³-hybridized carbons (Fsp3) is 0.474. The first-order valence-electron chi connectivity index (χ1n) is 8.77. The van der Waals surface area contributed by atoms with E-state index in [0.29, 0.717) is 12.5 Å². The minimum Gasteiger partial charge on any atom is -0.474 e. The molecule has 0 bridgehead atoms. The normalized spacial score (nSPS) is 22.7. The summed E-state index contributed by atoms with van der Waals surface area (Å²) in [6.45, 7) is 2.19. The van der Waals surface area contributed by atoms with E-state index in [4.69, 9.17) is 9.47 Å². The first-order chi connectivity index (χ1) is 12.2. The van der Waals surface area contributed by atoms with E-state index in [1.54, 1.807) is 17.5 Å². The van der Waals surface area contributed by atoms with Crippen molar-refractivity contribution in [3.05, 3.63) is 46.8 Å². The lowest BCUT2D eigenvalue weighted by Crippen LogP contribution is -2.52. The summed E-state index contributed by atoms with van der Waals surface area (Å²) in [6.07, 6.45) is 5.36. The Morgan fingerprint density at radius 3 is 2.92 bits per heavy atom. The monoisotopic (exact) mass is 358 g/mol. The molecule has 4 rings (SSSR count). The Kier molecular flexibility index (Phi) is 4.72. The molecule has 1 spiro atoms. The maximum atomic E-state index is 12.5. The number of hydrogen-bond donors (Lipinski definition) is 0. The largest absolute Gasteiger partial charge is 0.474 e. The fourth-order valence-corrected chi connectivity index (χ4v) is 4.34. The quantitative estimate of drug-likeness (QED) is 0.844. The van der Waals surface area contributed by atoms with Crippen molar-refractivity contribution in [1.29, 1.82) is 0 Å². The lowest BCUT2D eigenvalue weighted by molar-refractivity contribution is -0.135. The Bertz CT molecular complexity index is 697. The van der Waals surface area contributed by atoms with Gasteiger partial charge in [-0.1, -0.05) is 6.07 Å². The van der Waals surface area contributed by atoms with Crippen LogP contribution in [0.4, 0.5) is 0 Å². The van der Waals surface area contributed by atoms with Crippen LogP contribution in [-0.2, 0) is 4.74 Å². The standard InChI is InChI=1S/C19H22N2O3S/c22-18(15-5-12-25-14-15)21-9-6-19(7-10-21)13-16(4-11-23-19)24-17-3-1-2-8-20-17/h1-3,5,8,12,14,16H,4,6-7,9-11,13H2. The summed E-state index contributed by atoms with van der Waals surface area (Å²) < 4.78 is 12.2. The zero-order valence-electron chi connectivity index (χ0n) is 14.1. The second-order valence-corrected chi connectivity index (χ2v) is 7.52. The van der Waals surface area contributed by atoms with Crippen molar-refractivity contribution >= 4 is 17.2 Å². The van der Waals surface area contributed by atoms with Gasteiger partial charge in [-0.15, -0.1) is 0 Å². The number of rotatable bonds is 3. The molecule has 0 aromatic carbocycles. The van der Waals surface area contributed by atoms with Crippen LogP contribution in [-0.4, -0.2) is 47.2 Å². The lowest BCUT2D eigenvalue weighted by Gasteiger charge is -2.45. The molecule has 25 heavy (non-hydrogen) atoms. The molecule has 5 nitrogen and oxygen atoms in total. The smallest absolute Gasteiger partial charge is 0.254 e. The van der Waals surface area contributed by atoms with E-state index in [9.17, 15) is 4.79 Å². The van der Waals surface area contributed by atoms with Crippen LogP contribution in [0.25, 0.3) is 0 Å². The van der Waals surface area contributed by atoms with E-state index in [-0.39, 0.29) is 17.6 Å². The van der Waals surface area contributed by atoms with Gasteiger partial charge in [0.15, 0.2) is 0 Å². The van der Waals surface area contributed by atoms with Crippen molar-refractivity contribution < 1.29 is 14.3 Å². The second kappa shape index (κ2) is 7.14. The number of carbonyl (C=O) groups is 1. The highest BCUT2D eigenvalue weighted by atomic mass is 32.1. The predicted octanol–water partition coefficient (Wildman–Crippen LogP) is 3.38. The molecule has 4 heterocycles. The van der Waals surface area contributed by atoms with Crippen LogP contribution in [0.5, 0.6) is 5.88 Å². The van der Waals surface area contributed by atoms with Gasteiger partial charge in [-0.3, -0.25) is 4.79 Å². The Morgan fingerprint density at radius 1 is 1.32 bits per heavy atom. The number of hydrogen-bond acceptors (Lipinski definition) is 5. The maximum absolute atomic E-state index is 12.5. The summed E-state index contributed by atoms with van der Waals surface area (Å²) in [5, 5.41) is 3.86. The van der Waals surface area contributed by atoms with E-state index in [2.05, 4.69) is 4.98 Å². The van der Waals surface area contributed by atoms with E-state index in [0.717, 1.165) is 44.3 Å². The van der Waals surface area contributed by atoms with Gasteiger partial charge in [0.05, 0.1) is 17.8 Å². The van der Waals surface area contributed by atoms with Gasteiger partial charge in [-0.2, -0.15) is 11.3 Å². The molecular weight excluding hydrogens is 336 g/mol. The average molecular weight is 358 g/mol. The average Bonchev–Trinajstić information content (AvgIpc) is 3.18. The molecule has 0 aliphatic carbocycles. The second-order valence-electron chi connectivity index (χ2n) is 6.74. The molecule has 2 fully saturated rings. The van der Waals surface area contributed by atoms with Crippen LogP contribution in [0.15, 0.2) is 41.2 Å². The van der Waals surface area contributed by atoms with Gasteiger partial charge in [-0.25, -0.2) is 4.98 Å². The maximum Gasteiger partial charge on any atom is 0.254 e. The molecule has 0 radical (unpaired) electrons. The number of amides is 1. The number of pyridine rings is 1. The van der Waals surface area contributed by atoms with Gasteiger partial charge in [0, 0.05) is 43.6 Å². The molecule has 2 aromatic rings. The van der Waals surface area contributed by atoms with Crippen LogP contribution in [0.1, 0.15) is 36.0 Å². The molecule has 2 aliphatic rings. The molecule has 0 saturated carbocycles. The molecule has 1 atom stereocenters. The highest BCUT2D eigenvalue weighted by molar-refractivity contribution is 7.08. The first kappa shape index (κ1) is 16.5. The molecular formula is C19H22N2O3S. The predicted molar refractivity (Wildman–Crippen MR) is 96.0 cm³/mol. The van der Waals surface area contributed by atoms with Crippen molar-refractivity contribution in [3.8, 4) is 5.88 Å².